The fraction of sp³-hybridized carbons (Fsp3) is 0.118. The number of ether oxygens (including phenoxy) is 1. The molecule has 0 amide bonds. The maximum absolute atomic E-state index is 13.0. The van der Waals surface area contributed by atoms with E-state index in [0.29, 0.717) is 5.56 Å². The Balaban J connectivity index is 1.93. The Morgan fingerprint density at radius 3 is 2.59 bits per heavy atom. The molecule has 0 bridgehead atoms. The average Bonchev–Trinajstić information content (AvgIpc) is 3.13. The molecule has 0 aliphatic rings. The summed E-state index contributed by atoms with van der Waals surface area (Å²) >= 11 is 0.831. The van der Waals surface area contributed by atoms with Gasteiger partial charge in [0.1, 0.15) is 23.9 Å². The van der Waals surface area contributed by atoms with Crippen molar-refractivity contribution in [2.24, 2.45) is 0 Å². The smallest absolute Gasteiger partial charge is 0.416 e. The lowest BCUT2D eigenvalue weighted by Crippen LogP contribution is -2.13. The predicted molar refractivity (Wildman–Crippen MR) is 98.1 cm³/mol. The van der Waals surface area contributed by atoms with E-state index in [1.165, 1.54) is 31.5 Å². The van der Waals surface area contributed by atoms with Gasteiger partial charge in [-0.05, 0) is 48.9 Å². The van der Waals surface area contributed by atoms with Crippen molar-refractivity contribution in [2.45, 2.75) is 18.0 Å². The molecule has 1 N–H and O–H groups in total. The third-order valence-electron chi connectivity index (χ3n) is 3.57. The molecule has 1 aromatic heterocycles. The molecule has 0 atom stereocenters. The van der Waals surface area contributed by atoms with Gasteiger partial charge in [-0.3, -0.25) is 4.72 Å². The molecule has 0 saturated heterocycles. The highest BCUT2D eigenvalue weighted by Gasteiger charge is 2.31. The highest BCUT2D eigenvalue weighted by atomic mass is 32.2. The molecule has 0 unspecified atom stereocenters. The van der Waals surface area contributed by atoms with Crippen molar-refractivity contribution >= 4 is 26.7 Å². The molecule has 0 saturated carbocycles. The monoisotopic (exact) mass is 440 g/mol. The third kappa shape index (κ3) is 4.82. The van der Waals surface area contributed by atoms with Crippen LogP contribution in [0.4, 0.5) is 18.3 Å². The minimum absolute atomic E-state index is 0.0447. The summed E-state index contributed by atoms with van der Waals surface area (Å²) in [7, 11) is -4.04. The predicted octanol–water partition coefficient (Wildman–Crippen LogP) is 4.33. The number of hydrogen-bond acceptors (Lipinski definition) is 7. The van der Waals surface area contributed by atoms with E-state index in [2.05, 4.69) is 14.1 Å². The van der Waals surface area contributed by atoms with Gasteiger partial charge in [-0.25, -0.2) is 13.4 Å². The Bertz CT molecular complexity index is 1190. The summed E-state index contributed by atoms with van der Waals surface area (Å²) in [5, 5.41) is 9.38. The molecule has 1 heterocycles. The molecule has 0 radical (unpaired) electrons. The molecule has 0 fully saturated rings. The van der Waals surface area contributed by atoms with E-state index in [0.717, 1.165) is 29.7 Å². The van der Waals surface area contributed by atoms with Crippen LogP contribution in [0.2, 0.25) is 0 Å². The summed E-state index contributed by atoms with van der Waals surface area (Å²) in [6, 6.07) is 8.34. The Hall–Kier alpha value is -3.17. The maximum atomic E-state index is 13.0. The number of aromatic nitrogens is 2. The number of halogens is 3. The van der Waals surface area contributed by atoms with Gasteiger partial charge < -0.3 is 4.74 Å². The molecule has 7 nitrogen and oxygen atoms in total. The van der Waals surface area contributed by atoms with Crippen LogP contribution in [0.5, 0.6) is 11.5 Å². The quantitative estimate of drug-likeness (QED) is 0.633. The van der Waals surface area contributed by atoms with E-state index in [9.17, 15) is 26.9 Å². The minimum atomic E-state index is -4.56. The molecule has 2 aromatic carbocycles. The van der Waals surface area contributed by atoms with Gasteiger partial charge in [0, 0.05) is 11.5 Å². The molecule has 3 aromatic rings. The first-order valence-corrected chi connectivity index (χ1v) is 10.0. The Labute approximate surface area is 167 Å². The standard InChI is InChI=1S/C17H11F3N4O3S2/c1-10-4-12(17(18,19)20)7-13(5-10)27-15-3-2-14(6-11(15)8-21)29(25,26)24-16-22-9-23-28-16/h2-7,9H,1H3,(H,22,23,24). The highest BCUT2D eigenvalue weighted by molar-refractivity contribution is 7.93. The molecular formula is C17H11F3N4O3S2. The number of aryl methyl sites for hydroxylation is 1. The largest absolute Gasteiger partial charge is 0.456 e. The normalized spacial score (nSPS) is 11.7. The lowest BCUT2D eigenvalue weighted by Gasteiger charge is -2.13. The lowest BCUT2D eigenvalue weighted by atomic mass is 10.1. The minimum Gasteiger partial charge on any atom is -0.456 e. The summed E-state index contributed by atoms with van der Waals surface area (Å²) in [5.41, 5.74) is -0.750. The van der Waals surface area contributed by atoms with Crippen LogP contribution in [0.15, 0.2) is 47.6 Å². The highest BCUT2D eigenvalue weighted by Crippen LogP contribution is 2.35. The molecule has 0 spiro atoms. The number of nitriles is 1. The zero-order valence-corrected chi connectivity index (χ0v) is 16.2. The molecule has 29 heavy (non-hydrogen) atoms. The van der Waals surface area contributed by atoms with Crippen LogP contribution in [0, 0.1) is 18.3 Å². The molecule has 3 rings (SSSR count). The van der Waals surface area contributed by atoms with Gasteiger partial charge in [-0.15, -0.1) is 0 Å². The first kappa shape index (κ1) is 20.6. The molecular weight excluding hydrogens is 429 g/mol. The fourth-order valence-corrected chi connectivity index (χ4v) is 4.03. The van der Waals surface area contributed by atoms with Crippen LogP contribution in [-0.2, 0) is 16.2 Å². The van der Waals surface area contributed by atoms with Crippen LogP contribution in [-0.4, -0.2) is 17.8 Å². The molecule has 0 aliphatic heterocycles. The van der Waals surface area contributed by atoms with Gasteiger partial charge in [-0.2, -0.15) is 22.8 Å². The Morgan fingerprint density at radius 1 is 1.21 bits per heavy atom. The number of hydrogen-bond donors (Lipinski definition) is 1. The van der Waals surface area contributed by atoms with Crippen molar-refractivity contribution < 1.29 is 26.3 Å². The van der Waals surface area contributed by atoms with Gasteiger partial charge >= 0.3 is 6.18 Å². The lowest BCUT2D eigenvalue weighted by molar-refractivity contribution is -0.137. The van der Waals surface area contributed by atoms with E-state index in [1.54, 1.807) is 6.07 Å². The number of nitrogens with one attached hydrogen (secondary N) is 1. The van der Waals surface area contributed by atoms with Gasteiger partial charge in [0.25, 0.3) is 10.0 Å². The van der Waals surface area contributed by atoms with E-state index >= 15 is 0 Å². The summed E-state index contributed by atoms with van der Waals surface area (Å²) in [4.78, 5) is 3.48. The van der Waals surface area contributed by atoms with Crippen molar-refractivity contribution in [1.29, 1.82) is 5.26 Å². The van der Waals surface area contributed by atoms with Gasteiger partial charge in [0.2, 0.25) is 5.13 Å². The van der Waals surface area contributed by atoms with E-state index in [4.69, 9.17) is 4.74 Å². The second-order valence-electron chi connectivity index (χ2n) is 5.76. The second-order valence-corrected chi connectivity index (χ2v) is 8.22. The first-order chi connectivity index (χ1) is 13.6. The number of nitrogens with zero attached hydrogens (tertiary/aromatic N) is 3. The number of rotatable bonds is 5. The molecule has 0 aliphatic carbocycles. The van der Waals surface area contributed by atoms with Crippen LogP contribution in [0.25, 0.3) is 0 Å². The van der Waals surface area contributed by atoms with Gasteiger partial charge in [0.15, 0.2) is 0 Å². The maximum Gasteiger partial charge on any atom is 0.416 e. The number of sulfonamides is 1. The number of anilines is 1. The van der Waals surface area contributed by atoms with Crippen molar-refractivity contribution in [3.63, 3.8) is 0 Å². The number of alkyl halides is 3. The summed E-state index contributed by atoms with van der Waals surface area (Å²) in [6.07, 6.45) is -3.38. The topological polar surface area (TPSA) is 105 Å². The van der Waals surface area contributed by atoms with Gasteiger partial charge in [-0.1, -0.05) is 0 Å². The zero-order valence-electron chi connectivity index (χ0n) is 14.6. The van der Waals surface area contributed by atoms with Crippen LogP contribution < -0.4 is 9.46 Å². The SMILES string of the molecule is Cc1cc(Oc2ccc(S(=O)(=O)Nc3ncns3)cc2C#N)cc(C(F)(F)F)c1. The Morgan fingerprint density at radius 2 is 1.97 bits per heavy atom. The van der Waals surface area contributed by atoms with Crippen molar-refractivity contribution in [3.05, 3.63) is 59.4 Å². The summed E-state index contributed by atoms with van der Waals surface area (Å²) < 4.78 is 75.0. The fourth-order valence-electron chi connectivity index (χ4n) is 2.34. The molecule has 150 valence electrons. The van der Waals surface area contributed by atoms with Crippen molar-refractivity contribution in [1.82, 2.24) is 9.36 Å². The second kappa shape index (κ2) is 7.69. The van der Waals surface area contributed by atoms with Gasteiger partial charge in [0.05, 0.1) is 16.0 Å². The third-order valence-corrected chi connectivity index (χ3v) is 5.62. The van der Waals surface area contributed by atoms with Crippen LogP contribution in [0.3, 0.4) is 0 Å². The molecule has 12 heteroatoms. The van der Waals surface area contributed by atoms with E-state index in [1.807, 2.05) is 0 Å². The first-order valence-electron chi connectivity index (χ1n) is 7.79. The average molecular weight is 440 g/mol. The van der Waals surface area contributed by atoms with Crippen molar-refractivity contribution in [2.75, 3.05) is 4.72 Å². The Kier molecular flexibility index (Phi) is 5.45. The van der Waals surface area contributed by atoms with E-state index < -0.39 is 21.8 Å². The zero-order chi connectivity index (χ0) is 21.2. The summed E-state index contributed by atoms with van der Waals surface area (Å²) in [6.45, 7) is 1.47. The van der Waals surface area contributed by atoms with E-state index in [-0.39, 0.29) is 27.1 Å². The summed E-state index contributed by atoms with van der Waals surface area (Å²) in [5.74, 6) is -0.211. The van der Waals surface area contributed by atoms with Crippen molar-refractivity contribution in [3.8, 4) is 17.6 Å². The van der Waals surface area contributed by atoms with Crippen LogP contribution >= 0.6 is 11.5 Å². The van der Waals surface area contributed by atoms with Crippen LogP contribution in [0.1, 0.15) is 16.7 Å². The number of benzene rings is 2.